The Labute approximate surface area is 266 Å². The van der Waals surface area contributed by atoms with Crippen molar-refractivity contribution in [2.75, 3.05) is 37.8 Å². The maximum Gasteiger partial charge on any atom is 0.237 e. The van der Waals surface area contributed by atoms with Crippen molar-refractivity contribution in [2.24, 2.45) is 0 Å². The van der Waals surface area contributed by atoms with Crippen LogP contribution in [0.2, 0.25) is 0 Å². The Hall–Kier alpha value is -4.81. The second-order valence-electron chi connectivity index (χ2n) is 11.5. The van der Waals surface area contributed by atoms with Gasteiger partial charge in [-0.05, 0) is 78.1 Å². The number of aryl methyl sites for hydroxylation is 2. The number of hydrogen-bond acceptors (Lipinski definition) is 8. The van der Waals surface area contributed by atoms with E-state index in [2.05, 4.69) is 5.10 Å². The lowest BCUT2D eigenvalue weighted by molar-refractivity contribution is -0.132. The Balaban J connectivity index is 1.15. The second kappa shape index (κ2) is 12.5. The number of sulfone groups is 1. The third-order valence-electron chi connectivity index (χ3n) is 8.19. The Kier molecular flexibility index (Phi) is 8.49. The summed E-state index contributed by atoms with van der Waals surface area (Å²) in [4.78, 5) is 27.7. The molecule has 0 radical (unpaired) electrons. The largest absolute Gasteiger partial charge is 0.454 e. The Morgan fingerprint density at radius 3 is 2.54 bits per heavy atom. The molecule has 12 heteroatoms. The molecule has 1 aliphatic heterocycles. The number of carbonyl (C=O) groups excluding carboxylic acids is 2. The predicted molar refractivity (Wildman–Crippen MR) is 171 cm³/mol. The summed E-state index contributed by atoms with van der Waals surface area (Å²) in [5.74, 6) is -1.29. The first kappa shape index (κ1) is 31.2. The normalized spacial score (nSPS) is 14.6. The van der Waals surface area contributed by atoms with Crippen molar-refractivity contribution in [3.63, 3.8) is 0 Å². The van der Waals surface area contributed by atoms with E-state index < -0.39 is 27.3 Å². The highest BCUT2D eigenvalue weighted by molar-refractivity contribution is 7.91. The zero-order valence-corrected chi connectivity index (χ0v) is 26.3. The number of morpholine rings is 1. The lowest BCUT2D eigenvalue weighted by Crippen LogP contribution is -2.43. The zero-order chi connectivity index (χ0) is 32.6. The van der Waals surface area contributed by atoms with Gasteiger partial charge in [0.1, 0.15) is 17.3 Å². The summed E-state index contributed by atoms with van der Waals surface area (Å²) >= 11 is 0. The SMILES string of the molecule is Cc1cc2c(cc1CS(=O)(=O)CC(=O)N1CCOCC1)CC(C(=O)c1cnn(-c3ccc(Oc4ccccc4F)cc3C)c1N)=C2. The van der Waals surface area contributed by atoms with Crippen molar-refractivity contribution in [3.05, 3.63) is 106 Å². The van der Waals surface area contributed by atoms with Crippen LogP contribution in [-0.2, 0) is 31.5 Å². The van der Waals surface area contributed by atoms with Gasteiger partial charge in [-0.3, -0.25) is 9.59 Å². The fourth-order valence-electron chi connectivity index (χ4n) is 5.72. The van der Waals surface area contributed by atoms with Crippen LogP contribution in [0.5, 0.6) is 11.5 Å². The average molecular weight is 645 g/mol. The molecule has 0 unspecified atom stereocenters. The van der Waals surface area contributed by atoms with Crippen LogP contribution in [0.4, 0.5) is 10.2 Å². The minimum Gasteiger partial charge on any atom is -0.454 e. The van der Waals surface area contributed by atoms with Crippen molar-refractivity contribution < 1.29 is 31.9 Å². The topological polar surface area (TPSA) is 134 Å². The number of benzene rings is 3. The number of Topliss-reactive ketones (excluding diaryl/α,β-unsaturated/α-hetero) is 1. The number of carbonyl (C=O) groups is 2. The van der Waals surface area contributed by atoms with Gasteiger partial charge >= 0.3 is 0 Å². The van der Waals surface area contributed by atoms with Crippen molar-refractivity contribution >= 4 is 33.4 Å². The summed E-state index contributed by atoms with van der Waals surface area (Å²) in [6.45, 7) is 5.22. The molecule has 10 nitrogen and oxygen atoms in total. The molecule has 1 amide bonds. The molecular weight excluding hydrogens is 611 g/mol. The number of ether oxygens (including phenoxy) is 2. The number of ketones is 1. The fourth-order valence-corrected chi connectivity index (χ4v) is 7.17. The van der Waals surface area contributed by atoms with Gasteiger partial charge in [-0.25, -0.2) is 17.5 Å². The molecule has 46 heavy (non-hydrogen) atoms. The summed E-state index contributed by atoms with van der Waals surface area (Å²) in [7, 11) is -3.72. The minimum absolute atomic E-state index is 0.106. The van der Waals surface area contributed by atoms with Crippen molar-refractivity contribution in [2.45, 2.75) is 26.0 Å². The Morgan fingerprint density at radius 1 is 1.04 bits per heavy atom. The number of amides is 1. The highest BCUT2D eigenvalue weighted by Gasteiger charge is 2.27. The molecule has 0 saturated carbocycles. The van der Waals surface area contributed by atoms with Gasteiger partial charge in [0.25, 0.3) is 0 Å². The van der Waals surface area contributed by atoms with E-state index in [1.165, 1.54) is 27.9 Å². The zero-order valence-electron chi connectivity index (χ0n) is 25.5. The molecule has 3 aromatic carbocycles. The smallest absolute Gasteiger partial charge is 0.237 e. The van der Waals surface area contributed by atoms with Gasteiger partial charge in [-0.2, -0.15) is 5.10 Å². The molecular formula is C34H33FN4O6S. The van der Waals surface area contributed by atoms with Gasteiger partial charge in [-0.15, -0.1) is 0 Å². The molecule has 0 spiro atoms. The molecule has 238 valence electrons. The molecule has 2 heterocycles. The maximum absolute atomic E-state index is 14.0. The van der Waals surface area contributed by atoms with Gasteiger partial charge < -0.3 is 20.1 Å². The molecule has 6 rings (SSSR count). The second-order valence-corrected chi connectivity index (χ2v) is 13.6. The molecule has 1 aromatic heterocycles. The third-order valence-corrected chi connectivity index (χ3v) is 9.63. The molecule has 1 fully saturated rings. The summed E-state index contributed by atoms with van der Waals surface area (Å²) in [6, 6.07) is 14.9. The highest BCUT2D eigenvalue weighted by atomic mass is 32.2. The fraction of sp³-hybridized carbons (Fsp3) is 0.265. The highest BCUT2D eigenvalue weighted by Crippen LogP contribution is 2.33. The van der Waals surface area contributed by atoms with Crippen LogP contribution >= 0.6 is 0 Å². The van der Waals surface area contributed by atoms with E-state index in [0.29, 0.717) is 55.3 Å². The number of nitrogens with zero attached hydrogens (tertiary/aromatic N) is 3. The number of rotatable bonds is 9. The van der Waals surface area contributed by atoms with Crippen LogP contribution in [-0.4, -0.2) is 66.8 Å². The lowest BCUT2D eigenvalue weighted by atomic mass is 10.0. The molecule has 2 N–H and O–H groups in total. The molecule has 0 bridgehead atoms. The number of aromatic nitrogens is 2. The van der Waals surface area contributed by atoms with E-state index in [9.17, 15) is 22.4 Å². The number of allylic oxidation sites excluding steroid dienone is 1. The maximum atomic E-state index is 14.0. The van der Waals surface area contributed by atoms with Crippen LogP contribution in [0.1, 0.15) is 38.2 Å². The lowest BCUT2D eigenvalue weighted by Gasteiger charge is -2.26. The number of hydrogen-bond donors (Lipinski definition) is 1. The van der Waals surface area contributed by atoms with Gasteiger partial charge in [-0.1, -0.05) is 24.3 Å². The van der Waals surface area contributed by atoms with Crippen molar-refractivity contribution in [1.82, 2.24) is 14.7 Å². The summed E-state index contributed by atoms with van der Waals surface area (Å²) in [5.41, 5.74) is 11.6. The Bertz CT molecular complexity index is 2000. The van der Waals surface area contributed by atoms with Crippen molar-refractivity contribution in [3.8, 4) is 17.2 Å². The standard InChI is InChI=1S/C34H33FN4O6S/c1-21-13-23-15-25(16-24(23)17-26(21)19-46(42,43)20-32(40)38-9-11-44-12-10-38)33(41)28-18-37-39(34(28)36)30-8-7-27(14-22(30)2)45-31-6-4-3-5-29(31)35/h3-8,13-15,17-18H,9-12,16,19-20,36H2,1-2H3. The van der Waals surface area contributed by atoms with E-state index in [4.69, 9.17) is 15.2 Å². The van der Waals surface area contributed by atoms with E-state index in [1.807, 2.05) is 19.9 Å². The molecule has 4 aromatic rings. The Morgan fingerprint density at radius 2 is 1.80 bits per heavy atom. The van der Waals surface area contributed by atoms with E-state index in [0.717, 1.165) is 22.3 Å². The van der Waals surface area contributed by atoms with Gasteiger partial charge in [0.15, 0.2) is 27.2 Å². The summed E-state index contributed by atoms with van der Waals surface area (Å²) in [6.07, 6.45) is 3.53. The number of nitrogen functional groups attached to an aromatic ring is 1. The van der Waals surface area contributed by atoms with E-state index >= 15 is 0 Å². The van der Waals surface area contributed by atoms with Crippen LogP contribution in [0.25, 0.3) is 11.8 Å². The monoisotopic (exact) mass is 644 g/mol. The number of nitrogens with two attached hydrogens (primary N) is 1. The molecule has 1 saturated heterocycles. The first-order valence-electron chi connectivity index (χ1n) is 14.8. The van der Waals surface area contributed by atoms with Gasteiger partial charge in [0.05, 0.1) is 36.4 Å². The number of anilines is 1. The summed E-state index contributed by atoms with van der Waals surface area (Å²) in [5, 5.41) is 4.38. The summed E-state index contributed by atoms with van der Waals surface area (Å²) < 4.78 is 52.4. The van der Waals surface area contributed by atoms with Crippen LogP contribution in [0.15, 0.2) is 66.4 Å². The minimum atomic E-state index is -3.72. The number of para-hydroxylation sites is 1. The third kappa shape index (κ3) is 6.44. The van der Waals surface area contributed by atoms with Crippen LogP contribution < -0.4 is 10.5 Å². The van der Waals surface area contributed by atoms with E-state index in [1.54, 1.807) is 42.5 Å². The molecule has 0 atom stereocenters. The van der Waals surface area contributed by atoms with Gasteiger partial charge in [0, 0.05) is 25.1 Å². The van der Waals surface area contributed by atoms with Crippen LogP contribution in [0.3, 0.4) is 0 Å². The first-order valence-corrected chi connectivity index (χ1v) is 16.6. The number of halogens is 1. The average Bonchev–Trinajstić information content (AvgIpc) is 3.61. The van der Waals surface area contributed by atoms with Crippen LogP contribution in [0, 0.1) is 19.7 Å². The van der Waals surface area contributed by atoms with Gasteiger partial charge in [0.2, 0.25) is 5.91 Å². The number of fused-ring (bicyclic) bond motifs is 1. The first-order chi connectivity index (χ1) is 22.0. The quantitative estimate of drug-likeness (QED) is 0.262. The predicted octanol–water partition coefficient (Wildman–Crippen LogP) is 4.60. The molecule has 1 aliphatic carbocycles. The van der Waals surface area contributed by atoms with E-state index in [-0.39, 0.29) is 28.7 Å². The van der Waals surface area contributed by atoms with Crippen molar-refractivity contribution in [1.29, 1.82) is 0 Å². The molecule has 2 aliphatic rings.